The van der Waals surface area contributed by atoms with Gasteiger partial charge in [-0.15, -0.1) is 0 Å². The molecule has 1 heterocycles. The number of benzene rings is 1. The van der Waals surface area contributed by atoms with E-state index in [1.165, 1.54) is 6.08 Å². The number of aliphatic carboxylic acids is 1. The van der Waals surface area contributed by atoms with Gasteiger partial charge in [-0.2, -0.15) is 0 Å². The van der Waals surface area contributed by atoms with E-state index >= 15 is 0 Å². The molecular weight excluding hydrogens is 310 g/mol. The van der Waals surface area contributed by atoms with Crippen LogP contribution in [-0.2, 0) is 9.59 Å². The van der Waals surface area contributed by atoms with Gasteiger partial charge in [-0.05, 0) is 23.8 Å². The first-order valence-corrected chi connectivity index (χ1v) is 6.78. The minimum atomic E-state index is -0.804. The van der Waals surface area contributed by atoms with Crippen LogP contribution in [0, 0.1) is 5.92 Å². The maximum atomic E-state index is 11.8. The third kappa shape index (κ3) is 3.92. The van der Waals surface area contributed by atoms with Gasteiger partial charge in [0.1, 0.15) is 0 Å². The molecule has 0 radical (unpaired) electrons. The zero-order valence-corrected chi connectivity index (χ0v) is 11.8. The number of carbonyl (C=O) groups excluding carboxylic acids is 1. The lowest BCUT2D eigenvalue weighted by Gasteiger charge is -2.37. The first-order valence-electron chi connectivity index (χ1n) is 5.99. The van der Waals surface area contributed by atoms with E-state index in [4.69, 9.17) is 5.11 Å². The maximum absolute atomic E-state index is 11.8. The van der Waals surface area contributed by atoms with E-state index in [0.29, 0.717) is 13.1 Å². The topological polar surface area (TPSA) is 57.6 Å². The van der Waals surface area contributed by atoms with Crippen LogP contribution in [0.5, 0.6) is 0 Å². The van der Waals surface area contributed by atoms with Gasteiger partial charge in [0, 0.05) is 29.6 Å². The first-order chi connectivity index (χ1) is 9.04. The summed E-state index contributed by atoms with van der Waals surface area (Å²) in [6.07, 6.45) is 3.43. The fourth-order valence-corrected chi connectivity index (χ4v) is 2.43. The summed E-state index contributed by atoms with van der Waals surface area (Å²) in [5, 5.41) is 8.63. The largest absolute Gasteiger partial charge is 0.481 e. The zero-order chi connectivity index (χ0) is 13.8. The van der Waals surface area contributed by atoms with Crippen LogP contribution in [-0.4, -0.2) is 35.0 Å². The number of hydrogen-bond donors (Lipinski definition) is 1. The van der Waals surface area contributed by atoms with E-state index in [9.17, 15) is 9.59 Å². The molecule has 5 heteroatoms. The van der Waals surface area contributed by atoms with Crippen molar-refractivity contribution < 1.29 is 14.7 Å². The number of halogens is 1. The minimum absolute atomic E-state index is 0.0679. The average Bonchev–Trinajstić information content (AvgIpc) is 2.30. The number of likely N-dealkylation sites (tertiary alicyclic amines) is 1. The van der Waals surface area contributed by atoms with Gasteiger partial charge < -0.3 is 10.0 Å². The molecule has 19 heavy (non-hydrogen) atoms. The van der Waals surface area contributed by atoms with E-state index in [0.717, 1.165) is 10.0 Å². The monoisotopic (exact) mass is 323 g/mol. The molecule has 0 saturated carbocycles. The Kier molecular flexibility index (Phi) is 4.37. The van der Waals surface area contributed by atoms with Crippen LogP contribution < -0.4 is 0 Å². The fraction of sp³-hybridized carbons (Fsp3) is 0.286. The lowest BCUT2D eigenvalue weighted by atomic mass is 9.96. The second-order valence-corrected chi connectivity index (χ2v) is 5.51. The van der Waals surface area contributed by atoms with Crippen molar-refractivity contribution in [1.29, 1.82) is 0 Å². The number of nitrogens with zero attached hydrogens (tertiary/aromatic N) is 1. The second-order valence-electron chi connectivity index (χ2n) is 4.60. The van der Waals surface area contributed by atoms with Crippen LogP contribution in [0.1, 0.15) is 12.0 Å². The highest BCUT2D eigenvalue weighted by Gasteiger charge is 2.30. The lowest BCUT2D eigenvalue weighted by molar-refractivity contribution is -0.143. The molecular formula is C14H14BrNO3. The van der Waals surface area contributed by atoms with Crippen molar-refractivity contribution in [3.05, 3.63) is 40.4 Å². The third-order valence-electron chi connectivity index (χ3n) is 3.00. The normalized spacial score (nSPS) is 15.5. The van der Waals surface area contributed by atoms with Crippen molar-refractivity contribution in [1.82, 2.24) is 4.90 Å². The van der Waals surface area contributed by atoms with Gasteiger partial charge in [0.15, 0.2) is 0 Å². The predicted molar refractivity (Wildman–Crippen MR) is 75.5 cm³/mol. The summed E-state index contributed by atoms with van der Waals surface area (Å²) in [5.74, 6) is -0.774. The van der Waals surface area contributed by atoms with Gasteiger partial charge in [0.05, 0.1) is 6.42 Å². The van der Waals surface area contributed by atoms with Gasteiger partial charge in [-0.3, -0.25) is 9.59 Å². The molecule has 1 aliphatic rings. The van der Waals surface area contributed by atoms with Crippen LogP contribution in [0.25, 0.3) is 6.08 Å². The van der Waals surface area contributed by atoms with Crippen molar-refractivity contribution in [2.75, 3.05) is 13.1 Å². The highest BCUT2D eigenvalue weighted by atomic mass is 79.9. The van der Waals surface area contributed by atoms with Crippen LogP contribution in [0.4, 0.5) is 0 Å². The number of hydrogen-bond acceptors (Lipinski definition) is 2. The van der Waals surface area contributed by atoms with E-state index in [1.54, 1.807) is 11.0 Å². The van der Waals surface area contributed by atoms with Crippen LogP contribution in [0.15, 0.2) is 34.8 Å². The van der Waals surface area contributed by atoms with E-state index in [1.807, 2.05) is 24.3 Å². The van der Waals surface area contributed by atoms with Crippen LogP contribution in [0.2, 0.25) is 0 Å². The molecule has 1 fully saturated rings. The molecule has 1 aliphatic heterocycles. The van der Waals surface area contributed by atoms with Gasteiger partial charge in [-0.25, -0.2) is 0 Å². The molecule has 0 aromatic heterocycles. The number of carboxylic acid groups (broad SMARTS) is 1. The zero-order valence-electron chi connectivity index (χ0n) is 10.3. The van der Waals surface area contributed by atoms with Crippen molar-refractivity contribution >= 4 is 33.9 Å². The molecule has 1 aromatic carbocycles. The van der Waals surface area contributed by atoms with Crippen molar-refractivity contribution in [3.63, 3.8) is 0 Å². The summed E-state index contributed by atoms with van der Waals surface area (Å²) in [5.41, 5.74) is 0.949. The van der Waals surface area contributed by atoms with Gasteiger partial charge in [-0.1, -0.05) is 28.1 Å². The summed E-state index contributed by atoms with van der Waals surface area (Å²) in [4.78, 5) is 23.9. The molecule has 2 rings (SSSR count). The van der Waals surface area contributed by atoms with E-state index in [-0.39, 0.29) is 18.2 Å². The molecule has 1 aromatic rings. The second kappa shape index (κ2) is 6.02. The van der Waals surface area contributed by atoms with Crippen molar-refractivity contribution in [2.24, 2.45) is 5.92 Å². The smallest absolute Gasteiger partial charge is 0.303 e. The minimum Gasteiger partial charge on any atom is -0.481 e. The fourth-order valence-electron chi connectivity index (χ4n) is 2.01. The summed E-state index contributed by atoms with van der Waals surface area (Å²) in [7, 11) is 0. The van der Waals surface area contributed by atoms with Crippen molar-refractivity contribution in [3.8, 4) is 0 Å². The highest BCUT2D eigenvalue weighted by molar-refractivity contribution is 9.10. The number of amides is 1. The first kappa shape index (κ1) is 13.8. The van der Waals surface area contributed by atoms with E-state index < -0.39 is 5.97 Å². The molecule has 0 aliphatic carbocycles. The molecule has 0 bridgehead atoms. The Hall–Kier alpha value is -1.62. The molecule has 0 unspecified atom stereocenters. The molecule has 4 nitrogen and oxygen atoms in total. The molecule has 1 N–H and O–H groups in total. The standard InChI is InChI=1S/C14H14BrNO3/c15-12-3-1-2-10(6-12)4-5-13(17)16-8-11(9-16)7-14(18)19/h1-6,11H,7-9H2,(H,18,19). The summed E-state index contributed by atoms with van der Waals surface area (Å²) < 4.78 is 0.965. The molecule has 0 spiro atoms. The maximum Gasteiger partial charge on any atom is 0.303 e. The quantitative estimate of drug-likeness (QED) is 0.865. The lowest BCUT2D eigenvalue weighted by Crippen LogP contribution is -2.49. The number of carboxylic acids is 1. The highest BCUT2D eigenvalue weighted by Crippen LogP contribution is 2.19. The van der Waals surface area contributed by atoms with Gasteiger partial charge in [0.25, 0.3) is 0 Å². The van der Waals surface area contributed by atoms with Crippen LogP contribution >= 0.6 is 15.9 Å². The predicted octanol–water partition coefficient (Wildman–Crippen LogP) is 2.40. The van der Waals surface area contributed by atoms with E-state index in [2.05, 4.69) is 15.9 Å². The van der Waals surface area contributed by atoms with Gasteiger partial charge >= 0.3 is 5.97 Å². The van der Waals surface area contributed by atoms with Crippen LogP contribution in [0.3, 0.4) is 0 Å². The Bertz CT molecular complexity index is 521. The Morgan fingerprint density at radius 1 is 1.42 bits per heavy atom. The molecule has 1 amide bonds. The third-order valence-corrected chi connectivity index (χ3v) is 3.49. The Balaban J connectivity index is 1.84. The Morgan fingerprint density at radius 2 is 2.16 bits per heavy atom. The number of rotatable bonds is 4. The van der Waals surface area contributed by atoms with Gasteiger partial charge in [0.2, 0.25) is 5.91 Å². The SMILES string of the molecule is O=C(O)CC1CN(C(=O)C=Cc2cccc(Br)c2)C1. The molecule has 0 atom stereocenters. The summed E-state index contributed by atoms with van der Waals surface area (Å²) in [6, 6.07) is 7.66. The average molecular weight is 324 g/mol. The summed E-state index contributed by atoms with van der Waals surface area (Å²) >= 11 is 3.37. The number of carbonyl (C=O) groups is 2. The van der Waals surface area contributed by atoms with Crippen molar-refractivity contribution in [2.45, 2.75) is 6.42 Å². The Morgan fingerprint density at radius 3 is 2.79 bits per heavy atom. The summed E-state index contributed by atoms with van der Waals surface area (Å²) in [6.45, 7) is 1.07. The molecule has 1 saturated heterocycles. The molecule has 100 valence electrons. The Labute approximate surface area is 119 Å².